The van der Waals surface area contributed by atoms with E-state index in [4.69, 9.17) is 4.74 Å². The summed E-state index contributed by atoms with van der Waals surface area (Å²) in [5.74, 6) is 0.640. The number of hydrogen-bond donors (Lipinski definition) is 1. The van der Waals surface area contributed by atoms with E-state index in [-0.39, 0.29) is 0 Å². The normalized spacial score (nSPS) is 10.3. The molecule has 0 aliphatic heterocycles. The second kappa shape index (κ2) is 6.12. The molecular formula is C14H17N3O. The Balaban J connectivity index is 1.82. The smallest absolute Gasteiger partial charge is 0.212 e. The van der Waals surface area contributed by atoms with Gasteiger partial charge in [0.25, 0.3) is 0 Å². The predicted molar refractivity (Wildman–Crippen MR) is 70.3 cm³/mol. The van der Waals surface area contributed by atoms with Crippen molar-refractivity contribution < 1.29 is 4.74 Å². The molecule has 2 heterocycles. The molecule has 0 saturated heterocycles. The highest BCUT2D eigenvalue weighted by atomic mass is 16.5. The summed E-state index contributed by atoms with van der Waals surface area (Å²) in [5.41, 5.74) is 3.36. The first-order valence-electron chi connectivity index (χ1n) is 5.89. The second-order valence-corrected chi connectivity index (χ2v) is 4.12. The molecule has 0 bridgehead atoms. The fourth-order valence-corrected chi connectivity index (χ4v) is 1.59. The summed E-state index contributed by atoms with van der Waals surface area (Å²) in [5, 5.41) is 3.35. The summed E-state index contributed by atoms with van der Waals surface area (Å²) in [4.78, 5) is 8.42. The molecule has 4 nitrogen and oxygen atoms in total. The Labute approximate surface area is 107 Å². The van der Waals surface area contributed by atoms with Gasteiger partial charge in [0.15, 0.2) is 0 Å². The van der Waals surface area contributed by atoms with Crippen LogP contribution < -0.4 is 10.1 Å². The largest absolute Gasteiger partial charge is 0.481 e. The van der Waals surface area contributed by atoms with Crippen LogP contribution in [0.2, 0.25) is 0 Å². The number of ether oxygens (including phenoxy) is 1. The van der Waals surface area contributed by atoms with E-state index in [1.165, 1.54) is 5.56 Å². The minimum Gasteiger partial charge on any atom is -0.481 e. The number of pyridine rings is 2. The summed E-state index contributed by atoms with van der Waals surface area (Å²) in [6, 6.07) is 7.98. The van der Waals surface area contributed by atoms with Gasteiger partial charge in [0.1, 0.15) is 0 Å². The van der Waals surface area contributed by atoms with E-state index in [0.29, 0.717) is 5.88 Å². The third kappa shape index (κ3) is 3.53. The van der Waals surface area contributed by atoms with Crippen LogP contribution in [0.15, 0.2) is 36.7 Å². The summed E-state index contributed by atoms with van der Waals surface area (Å²) in [7, 11) is 1.62. The molecule has 0 amide bonds. The molecule has 94 valence electrons. The third-order valence-electron chi connectivity index (χ3n) is 2.64. The van der Waals surface area contributed by atoms with Crippen molar-refractivity contribution in [1.82, 2.24) is 15.3 Å². The Kier molecular flexibility index (Phi) is 4.25. The molecular weight excluding hydrogens is 226 g/mol. The fourth-order valence-electron chi connectivity index (χ4n) is 1.59. The highest BCUT2D eigenvalue weighted by Crippen LogP contribution is 2.06. The van der Waals surface area contributed by atoms with Crippen LogP contribution >= 0.6 is 0 Å². The van der Waals surface area contributed by atoms with Gasteiger partial charge in [-0.2, -0.15) is 0 Å². The molecule has 0 saturated carbocycles. The molecule has 2 aromatic heterocycles. The van der Waals surface area contributed by atoms with E-state index in [2.05, 4.69) is 21.4 Å². The average Bonchev–Trinajstić information content (AvgIpc) is 2.42. The average molecular weight is 243 g/mol. The van der Waals surface area contributed by atoms with E-state index in [1.54, 1.807) is 7.11 Å². The van der Waals surface area contributed by atoms with E-state index < -0.39 is 0 Å². The van der Waals surface area contributed by atoms with Crippen molar-refractivity contribution in [3.8, 4) is 5.88 Å². The molecule has 1 N–H and O–H groups in total. The summed E-state index contributed by atoms with van der Waals surface area (Å²) in [6.07, 6.45) is 3.72. The van der Waals surface area contributed by atoms with Crippen molar-refractivity contribution in [2.75, 3.05) is 7.11 Å². The van der Waals surface area contributed by atoms with Gasteiger partial charge in [-0.1, -0.05) is 12.1 Å². The van der Waals surface area contributed by atoms with Crippen LogP contribution in [0.4, 0.5) is 0 Å². The number of hydrogen-bond acceptors (Lipinski definition) is 4. The Bertz CT molecular complexity index is 479. The van der Waals surface area contributed by atoms with Gasteiger partial charge < -0.3 is 10.1 Å². The second-order valence-electron chi connectivity index (χ2n) is 4.12. The van der Waals surface area contributed by atoms with Gasteiger partial charge in [0, 0.05) is 37.2 Å². The first kappa shape index (κ1) is 12.5. The van der Waals surface area contributed by atoms with Crippen molar-refractivity contribution in [2.24, 2.45) is 0 Å². The lowest BCUT2D eigenvalue weighted by atomic mass is 10.2. The van der Waals surface area contributed by atoms with Gasteiger partial charge in [0.05, 0.1) is 7.11 Å². The van der Waals surface area contributed by atoms with Crippen LogP contribution in [-0.4, -0.2) is 17.1 Å². The Morgan fingerprint density at radius 1 is 1.00 bits per heavy atom. The van der Waals surface area contributed by atoms with Crippen LogP contribution in [0, 0.1) is 6.92 Å². The zero-order chi connectivity index (χ0) is 12.8. The van der Waals surface area contributed by atoms with Crippen LogP contribution in [0.1, 0.15) is 16.8 Å². The van der Waals surface area contributed by atoms with Crippen molar-refractivity contribution in [3.05, 3.63) is 53.5 Å². The Morgan fingerprint density at radius 3 is 2.17 bits per heavy atom. The first-order valence-corrected chi connectivity index (χ1v) is 5.89. The van der Waals surface area contributed by atoms with Crippen LogP contribution in [0.3, 0.4) is 0 Å². The zero-order valence-corrected chi connectivity index (χ0v) is 10.7. The van der Waals surface area contributed by atoms with Gasteiger partial charge in [-0.05, 0) is 24.1 Å². The maximum absolute atomic E-state index is 5.01. The molecule has 0 radical (unpaired) electrons. The quantitative estimate of drug-likeness (QED) is 0.873. The molecule has 0 atom stereocenters. The van der Waals surface area contributed by atoms with Crippen LogP contribution in [-0.2, 0) is 13.1 Å². The molecule has 4 heteroatoms. The topological polar surface area (TPSA) is 47.0 Å². The first-order chi connectivity index (χ1) is 8.78. The molecule has 18 heavy (non-hydrogen) atoms. The predicted octanol–water partition coefficient (Wildman–Crippen LogP) is 2.08. The summed E-state index contributed by atoms with van der Waals surface area (Å²) < 4.78 is 5.01. The van der Waals surface area contributed by atoms with Crippen molar-refractivity contribution in [2.45, 2.75) is 20.0 Å². The van der Waals surface area contributed by atoms with Crippen LogP contribution in [0.5, 0.6) is 5.88 Å². The van der Waals surface area contributed by atoms with E-state index in [0.717, 1.165) is 24.3 Å². The molecule has 0 spiro atoms. The molecule has 2 rings (SSSR count). The van der Waals surface area contributed by atoms with Crippen molar-refractivity contribution in [1.29, 1.82) is 0 Å². The molecule has 0 unspecified atom stereocenters. The number of nitrogens with zero attached hydrogens (tertiary/aromatic N) is 2. The van der Waals surface area contributed by atoms with E-state index >= 15 is 0 Å². The maximum atomic E-state index is 5.01. The number of aryl methyl sites for hydroxylation is 1. The summed E-state index contributed by atoms with van der Waals surface area (Å²) in [6.45, 7) is 3.57. The fraction of sp³-hybridized carbons (Fsp3) is 0.286. The van der Waals surface area contributed by atoms with Crippen molar-refractivity contribution in [3.63, 3.8) is 0 Å². The minimum absolute atomic E-state index is 0.640. The number of methoxy groups -OCH3 is 1. The van der Waals surface area contributed by atoms with Crippen LogP contribution in [0.25, 0.3) is 0 Å². The van der Waals surface area contributed by atoms with Crippen molar-refractivity contribution >= 4 is 0 Å². The molecule has 0 aromatic carbocycles. The molecule has 2 aromatic rings. The Hall–Kier alpha value is -1.94. The van der Waals surface area contributed by atoms with E-state index in [9.17, 15) is 0 Å². The molecule has 0 fully saturated rings. The lowest BCUT2D eigenvalue weighted by molar-refractivity contribution is 0.397. The molecule has 0 aliphatic carbocycles. The number of aromatic nitrogens is 2. The number of nitrogens with one attached hydrogen (secondary N) is 1. The minimum atomic E-state index is 0.640. The number of rotatable bonds is 5. The lowest BCUT2D eigenvalue weighted by Crippen LogP contribution is -2.13. The zero-order valence-electron chi connectivity index (χ0n) is 10.7. The van der Waals surface area contributed by atoms with Gasteiger partial charge in [-0.25, -0.2) is 4.98 Å². The Morgan fingerprint density at radius 2 is 1.67 bits per heavy atom. The van der Waals surface area contributed by atoms with E-state index in [1.807, 2.05) is 37.5 Å². The molecule has 0 aliphatic rings. The summed E-state index contributed by atoms with van der Waals surface area (Å²) >= 11 is 0. The lowest BCUT2D eigenvalue weighted by Gasteiger charge is -2.05. The van der Waals surface area contributed by atoms with Gasteiger partial charge in [-0.15, -0.1) is 0 Å². The third-order valence-corrected chi connectivity index (χ3v) is 2.64. The highest BCUT2D eigenvalue weighted by molar-refractivity contribution is 5.18. The highest BCUT2D eigenvalue weighted by Gasteiger charge is 1.97. The van der Waals surface area contributed by atoms with Gasteiger partial charge in [-0.3, -0.25) is 4.98 Å². The SMILES string of the molecule is COc1ccc(CNCc2ccc(C)nc2)cn1. The van der Waals surface area contributed by atoms with Gasteiger partial charge >= 0.3 is 0 Å². The van der Waals surface area contributed by atoms with Gasteiger partial charge in [0.2, 0.25) is 5.88 Å². The standard InChI is InChI=1S/C14H17N3O/c1-11-3-4-12(9-16-11)7-15-8-13-5-6-14(18-2)17-10-13/h3-6,9-10,15H,7-8H2,1-2H3. The monoisotopic (exact) mass is 243 g/mol. The maximum Gasteiger partial charge on any atom is 0.212 e.